The van der Waals surface area contributed by atoms with Crippen molar-refractivity contribution in [3.63, 3.8) is 0 Å². The number of nitrogens with zero attached hydrogens (tertiary/aromatic N) is 3. The molecule has 1 saturated carbocycles. The van der Waals surface area contributed by atoms with Crippen molar-refractivity contribution < 1.29 is 0 Å². The third-order valence-corrected chi connectivity index (χ3v) is 4.01. The van der Waals surface area contributed by atoms with Crippen LogP contribution < -0.4 is 5.32 Å². The number of hydrogen-bond acceptors (Lipinski definition) is 4. The van der Waals surface area contributed by atoms with Crippen molar-refractivity contribution in [2.75, 3.05) is 11.9 Å². The molecule has 0 radical (unpaired) electrons. The molecule has 17 heavy (non-hydrogen) atoms. The summed E-state index contributed by atoms with van der Waals surface area (Å²) in [5, 5.41) is 11.6. The predicted molar refractivity (Wildman–Crippen MR) is 69.4 cm³/mol. The minimum Gasteiger partial charge on any atom is -0.353 e. The summed E-state index contributed by atoms with van der Waals surface area (Å²) in [4.78, 5) is 4.35. The second-order valence-electron chi connectivity index (χ2n) is 4.75. The Balaban J connectivity index is 1.90. The van der Waals surface area contributed by atoms with Crippen molar-refractivity contribution in [1.82, 2.24) is 15.2 Å². The summed E-state index contributed by atoms with van der Waals surface area (Å²) in [6, 6.07) is 0. The zero-order valence-corrected chi connectivity index (χ0v) is 11.2. The van der Waals surface area contributed by atoms with E-state index in [9.17, 15) is 0 Å². The lowest BCUT2D eigenvalue weighted by Crippen LogP contribution is -2.27. The molecule has 0 saturated heterocycles. The van der Waals surface area contributed by atoms with E-state index in [1.807, 2.05) is 13.8 Å². The molecule has 0 spiro atoms. The smallest absolute Gasteiger partial charge is 0.242 e. The zero-order chi connectivity index (χ0) is 12.3. The quantitative estimate of drug-likeness (QED) is 0.843. The van der Waals surface area contributed by atoms with Crippen LogP contribution in [0.15, 0.2) is 0 Å². The van der Waals surface area contributed by atoms with Gasteiger partial charge in [-0.3, -0.25) is 0 Å². The van der Waals surface area contributed by atoms with E-state index in [4.69, 9.17) is 11.6 Å². The second kappa shape index (κ2) is 5.63. The van der Waals surface area contributed by atoms with E-state index in [1.165, 1.54) is 19.3 Å². The molecular weight excluding hydrogens is 236 g/mol. The fourth-order valence-electron chi connectivity index (χ4n) is 2.15. The maximum absolute atomic E-state index is 6.31. The first-order valence-electron chi connectivity index (χ1n) is 6.22. The number of alkyl halides is 1. The molecule has 0 amide bonds. The van der Waals surface area contributed by atoms with Crippen molar-refractivity contribution in [2.45, 2.75) is 44.9 Å². The zero-order valence-electron chi connectivity index (χ0n) is 10.4. The molecule has 1 fully saturated rings. The van der Waals surface area contributed by atoms with Gasteiger partial charge in [0.1, 0.15) is 0 Å². The monoisotopic (exact) mass is 254 g/mol. The van der Waals surface area contributed by atoms with Gasteiger partial charge in [-0.2, -0.15) is 5.10 Å². The lowest BCUT2D eigenvalue weighted by molar-refractivity contribution is 0.380. The van der Waals surface area contributed by atoms with Gasteiger partial charge in [0.05, 0.1) is 11.4 Å². The lowest BCUT2D eigenvalue weighted by Gasteiger charge is -2.26. The number of halogens is 1. The molecule has 5 heteroatoms. The van der Waals surface area contributed by atoms with Crippen molar-refractivity contribution in [2.24, 2.45) is 5.92 Å². The molecule has 1 heterocycles. The maximum atomic E-state index is 6.31. The summed E-state index contributed by atoms with van der Waals surface area (Å²) in [7, 11) is 0. The van der Waals surface area contributed by atoms with Gasteiger partial charge in [0.2, 0.25) is 5.95 Å². The molecule has 94 valence electrons. The fraction of sp³-hybridized carbons (Fsp3) is 0.750. The minimum absolute atomic E-state index is 0.288. The van der Waals surface area contributed by atoms with Crippen LogP contribution in [-0.4, -0.2) is 27.1 Å². The molecule has 2 rings (SSSR count). The van der Waals surface area contributed by atoms with Crippen LogP contribution in [0.25, 0.3) is 0 Å². The van der Waals surface area contributed by atoms with Gasteiger partial charge in [-0.1, -0.05) is 12.8 Å². The molecule has 2 atom stereocenters. The van der Waals surface area contributed by atoms with Gasteiger partial charge in [-0.15, -0.1) is 16.7 Å². The normalized spacial score (nSPS) is 24.6. The SMILES string of the molecule is Cc1nnc(NCC2CCCCC2Cl)nc1C. The van der Waals surface area contributed by atoms with Gasteiger partial charge in [0, 0.05) is 11.9 Å². The van der Waals surface area contributed by atoms with Crippen LogP contribution in [0.2, 0.25) is 0 Å². The van der Waals surface area contributed by atoms with E-state index in [0.29, 0.717) is 11.9 Å². The van der Waals surface area contributed by atoms with E-state index in [-0.39, 0.29) is 5.38 Å². The van der Waals surface area contributed by atoms with E-state index in [2.05, 4.69) is 20.5 Å². The lowest BCUT2D eigenvalue weighted by atomic mass is 9.89. The Morgan fingerprint density at radius 2 is 1.94 bits per heavy atom. The van der Waals surface area contributed by atoms with Gasteiger partial charge in [0.15, 0.2) is 0 Å². The van der Waals surface area contributed by atoms with Crippen LogP contribution in [0, 0.1) is 19.8 Å². The molecule has 0 aliphatic heterocycles. The van der Waals surface area contributed by atoms with Crippen LogP contribution in [0.4, 0.5) is 5.95 Å². The molecule has 0 aromatic carbocycles. The summed E-state index contributed by atoms with van der Waals surface area (Å²) in [6.07, 6.45) is 4.85. The summed E-state index contributed by atoms with van der Waals surface area (Å²) in [5.74, 6) is 1.14. The third-order valence-electron chi connectivity index (χ3n) is 3.43. The number of aromatic nitrogens is 3. The first-order valence-corrected chi connectivity index (χ1v) is 6.66. The average Bonchev–Trinajstić information content (AvgIpc) is 2.32. The highest BCUT2D eigenvalue weighted by atomic mass is 35.5. The fourth-order valence-corrected chi connectivity index (χ4v) is 2.52. The Hall–Kier alpha value is -0.900. The third kappa shape index (κ3) is 3.28. The highest BCUT2D eigenvalue weighted by Gasteiger charge is 2.22. The summed E-state index contributed by atoms with van der Waals surface area (Å²) >= 11 is 6.31. The Bertz CT molecular complexity index is 383. The van der Waals surface area contributed by atoms with Crippen molar-refractivity contribution >= 4 is 17.5 Å². The van der Waals surface area contributed by atoms with E-state index in [0.717, 1.165) is 24.4 Å². The Kier molecular flexibility index (Phi) is 4.15. The van der Waals surface area contributed by atoms with Crippen LogP contribution in [0.1, 0.15) is 37.1 Å². The molecule has 1 aliphatic rings. The molecule has 0 bridgehead atoms. The highest BCUT2D eigenvalue weighted by molar-refractivity contribution is 6.20. The maximum Gasteiger partial charge on any atom is 0.242 e. The minimum atomic E-state index is 0.288. The molecule has 1 aliphatic carbocycles. The molecule has 1 N–H and O–H groups in total. The Morgan fingerprint density at radius 1 is 1.18 bits per heavy atom. The standard InChI is InChI=1S/C12H19ClN4/c1-8-9(2)16-17-12(15-8)14-7-10-5-3-4-6-11(10)13/h10-11H,3-7H2,1-2H3,(H,14,15,17). The number of nitrogens with one attached hydrogen (secondary N) is 1. The predicted octanol–water partition coefficient (Wildman–Crippen LogP) is 2.70. The van der Waals surface area contributed by atoms with Crippen molar-refractivity contribution in [3.05, 3.63) is 11.4 Å². The molecule has 1 aromatic rings. The van der Waals surface area contributed by atoms with Gasteiger partial charge < -0.3 is 5.32 Å². The van der Waals surface area contributed by atoms with Crippen LogP contribution in [0.3, 0.4) is 0 Å². The summed E-state index contributed by atoms with van der Waals surface area (Å²) < 4.78 is 0. The Morgan fingerprint density at radius 3 is 2.65 bits per heavy atom. The topological polar surface area (TPSA) is 50.7 Å². The van der Waals surface area contributed by atoms with E-state index in [1.54, 1.807) is 0 Å². The van der Waals surface area contributed by atoms with Crippen LogP contribution in [0.5, 0.6) is 0 Å². The summed E-state index contributed by atoms with van der Waals surface area (Å²) in [6.45, 7) is 4.70. The number of aryl methyl sites for hydroxylation is 2. The largest absolute Gasteiger partial charge is 0.353 e. The molecule has 1 aromatic heterocycles. The number of hydrogen-bond donors (Lipinski definition) is 1. The highest BCUT2D eigenvalue weighted by Crippen LogP contribution is 2.28. The van der Waals surface area contributed by atoms with Gasteiger partial charge in [-0.25, -0.2) is 4.98 Å². The first kappa shape index (κ1) is 12.6. The molecule has 4 nitrogen and oxygen atoms in total. The van der Waals surface area contributed by atoms with E-state index < -0.39 is 0 Å². The first-order chi connectivity index (χ1) is 8.16. The van der Waals surface area contributed by atoms with E-state index >= 15 is 0 Å². The van der Waals surface area contributed by atoms with Gasteiger partial charge >= 0.3 is 0 Å². The van der Waals surface area contributed by atoms with Crippen molar-refractivity contribution in [1.29, 1.82) is 0 Å². The molecular formula is C12H19ClN4. The van der Waals surface area contributed by atoms with Crippen molar-refractivity contribution in [3.8, 4) is 0 Å². The van der Waals surface area contributed by atoms with Gasteiger partial charge in [0.25, 0.3) is 0 Å². The summed E-state index contributed by atoms with van der Waals surface area (Å²) in [5.41, 5.74) is 1.80. The Labute approximate surface area is 107 Å². The molecule has 2 unspecified atom stereocenters. The average molecular weight is 255 g/mol. The van der Waals surface area contributed by atoms with Gasteiger partial charge in [-0.05, 0) is 32.6 Å². The van der Waals surface area contributed by atoms with Crippen LogP contribution >= 0.6 is 11.6 Å². The number of rotatable bonds is 3. The van der Waals surface area contributed by atoms with Crippen LogP contribution in [-0.2, 0) is 0 Å². The second-order valence-corrected chi connectivity index (χ2v) is 5.31. The number of anilines is 1.